The van der Waals surface area contributed by atoms with Crippen molar-refractivity contribution >= 4 is 5.78 Å². The van der Waals surface area contributed by atoms with Gasteiger partial charge in [0.1, 0.15) is 11.5 Å². The summed E-state index contributed by atoms with van der Waals surface area (Å²) in [6.07, 6.45) is 2.31. The Bertz CT molecular complexity index is 385. The summed E-state index contributed by atoms with van der Waals surface area (Å²) in [6, 6.07) is 5.47. The first-order chi connectivity index (χ1) is 7.81. The number of hydrogen-bond donors (Lipinski definition) is 0. The summed E-state index contributed by atoms with van der Waals surface area (Å²) in [6.45, 7) is 3.35. The van der Waals surface area contributed by atoms with Gasteiger partial charge in [-0.2, -0.15) is 0 Å². The van der Waals surface area contributed by atoms with E-state index in [4.69, 9.17) is 9.47 Å². The molecular formula is C13H16O3. The van der Waals surface area contributed by atoms with Crippen molar-refractivity contribution in [1.82, 2.24) is 0 Å². The van der Waals surface area contributed by atoms with E-state index in [1.807, 2.05) is 12.1 Å². The predicted molar refractivity (Wildman–Crippen MR) is 61.3 cm³/mol. The molecule has 3 nitrogen and oxygen atoms in total. The van der Waals surface area contributed by atoms with E-state index >= 15 is 0 Å². The van der Waals surface area contributed by atoms with Crippen LogP contribution in [0.3, 0.4) is 0 Å². The van der Waals surface area contributed by atoms with Crippen LogP contribution < -0.4 is 9.47 Å². The van der Waals surface area contributed by atoms with Gasteiger partial charge < -0.3 is 9.47 Å². The molecule has 0 saturated carbocycles. The van der Waals surface area contributed by atoms with Crippen molar-refractivity contribution in [2.75, 3.05) is 13.2 Å². The van der Waals surface area contributed by atoms with Crippen LogP contribution in [0.15, 0.2) is 18.2 Å². The van der Waals surface area contributed by atoms with E-state index in [9.17, 15) is 4.79 Å². The second kappa shape index (κ2) is 5.01. The molecule has 0 bridgehead atoms. The normalized spacial score (nSPS) is 14.9. The zero-order chi connectivity index (χ0) is 11.4. The minimum absolute atomic E-state index is 0.148. The Morgan fingerprint density at radius 2 is 2.31 bits per heavy atom. The van der Waals surface area contributed by atoms with Crippen LogP contribution in [-0.4, -0.2) is 19.0 Å². The molecular weight excluding hydrogens is 204 g/mol. The van der Waals surface area contributed by atoms with E-state index in [0.29, 0.717) is 30.9 Å². The molecule has 1 heterocycles. The summed E-state index contributed by atoms with van der Waals surface area (Å²) in [4.78, 5) is 11.8. The number of fused-ring (bicyclic) bond motifs is 1. The highest BCUT2D eigenvalue weighted by molar-refractivity contribution is 5.99. The van der Waals surface area contributed by atoms with Gasteiger partial charge in [0.2, 0.25) is 0 Å². The molecule has 0 amide bonds. The largest absolute Gasteiger partial charge is 0.494 e. The maximum atomic E-state index is 11.8. The summed E-state index contributed by atoms with van der Waals surface area (Å²) < 4.78 is 11.0. The molecule has 0 aromatic heterocycles. The Hall–Kier alpha value is -1.51. The Morgan fingerprint density at radius 1 is 1.44 bits per heavy atom. The number of carbonyl (C=O) groups is 1. The van der Waals surface area contributed by atoms with Crippen molar-refractivity contribution in [3.05, 3.63) is 23.8 Å². The van der Waals surface area contributed by atoms with Gasteiger partial charge >= 0.3 is 0 Å². The maximum Gasteiger partial charge on any atom is 0.166 e. The zero-order valence-corrected chi connectivity index (χ0v) is 9.49. The molecule has 0 saturated heterocycles. The summed E-state index contributed by atoms with van der Waals surface area (Å²) in [7, 11) is 0. The number of rotatable bonds is 3. The molecule has 1 aromatic rings. The van der Waals surface area contributed by atoms with Gasteiger partial charge in [-0.05, 0) is 31.0 Å². The molecule has 0 radical (unpaired) electrons. The Morgan fingerprint density at radius 3 is 3.12 bits per heavy atom. The van der Waals surface area contributed by atoms with E-state index in [1.54, 1.807) is 6.07 Å². The van der Waals surface area contributed by atoms with Crippen LogP contribution >= 0.6 is 0 Å². The first kappa shape index (κ1) is 11.0. The number of ketones is 1. The molecule has 0 fully saturated rings. The number of ether oxygens (including phenoxy) is 2. The first-order valence-electron chi connectivity index (χ1n) is 5.74. The van der Waals surface area contributed by atoms with Crippen LogP contribution in [0.4, 0.5) is 0 Å². The fourth-order valence-corrected chi connectivity index (χ4v) is 1.71. The van der Waals surface area contributed by atoms with Gasteiger partial charge in [0, 0.05) is 6.42 Å². The molecule has 86 valence electrons. The highest BCUT2D eigenvalue weighted by atomic mass is 16.5. The van der Waals surface area contributed by atoms with E-state index in [-0.39, 0.29) is 5.78 Å². The lowest BCUT2D eigenvalue weighted by atomic mass is 10.1. The summed E-state index contributed by atoms with van der Waals surface area (Å²) >= 11 is 0. The van der Waals surface area contributed by atoms with Crippen LogP contribution in [-0.2, 0) is 0 Å². The molecule has 0 unspecified atom stereocenters. The van der Waals surface area contributed by atoms with Crippen LogP contribution in [0.1, 0.15) is 36.5 Å². The second-order valence-electron chi connectivity index (χ2n) is 3.88. The number of Topliss-reactive ketones (excluding diaryl/α,β-unsaturated/α-hetero) is 1. The summed E-state index contributed by atoms with van der Waals surface area (Å²) in [5, 5.41) is 0. The fraction of sp³-hybridized carbons (Fsp3) is 0.462. The average molecular weight is 220 g/mol. The minimum atomic E-state index is 0.148. The van der Waals surface area contributed by atoms with Gasteiger partial charge in [-0.1, -0.05) is 6.92 Å². The third-order valence-electron chi connectivity index (χ3n) is 2.53. The molecule has 1 aromatic carbocycles. The minimum Gasteiger partial charge on any atom is -0.494 e. The third-order valence-corrected chi connectivity index (χ3v) is 2.53. The monoisotopic (exact) mass is 220 g/mol. The number of carbonyl (C=O) groups excluding carboxylic acids is 1. The number of hydrogen-bond acceptors (Lipinski definition) is 3. The fourth-order valence-electron chi connectivity index (χ4n) is 1.71. The van der Waals surface area contributed by atoms with Crippen molar-refractivity contribution in [3.8, 4) is 11.5 Å². The van der Waals surface area contributed by atoms with Crippen molar-refractivity contribution in [3.63, 3.8) is 0 Å². The van der Waals surface area contributed by atoms with Crippen molar-refractivity contribution in [2.24, 2.45) is 0 Å². The maximum absolute atomic E-state index is 11.8. The van der Waals surface area contributed by atoms with Crippen molar-refractivity contribution < 1.29 is 14.3 Å². The topological polar surface area (TPSA) is 35.5 Å². The molecule has 1 aliphatic heterocycles. The Balaban J connectivity index is 2.24. The lowest BCUT2D eigenvalue weighted by Crippen LogP contribution is -2.00. The Labute approximate surface area is 95.4 Å². The summed E-state index contributed by atoms with van der Waals surface area (Å²) in [5.74, 6) is 1.58. The molecule has 3 heteroatoms. The molecule has 0 atom stereocenters. The molecule has 0 N–H and O–H groups in total. The second-order valence-corrected chi connectivity index (χ2v) is 3.88. The third kappa shape index (κ3) is 2.35. The van der Waals surface area contributed by atoms with Gasteiger partial charge in [-0.15, -0.1) is 0 Å². The summed E-state index contributed by atoms with van der Waals surface area (Å²) in [5.41, 5.74) is 0.658. The van der Waals surface area contributed by atoms with Gasteiger partial charge in [0.25, 0.3) is 0 Å². The van der Waals surface area contributed by atoms with E-state index in [1.165, 1.54) is 0 Å². The smallest absolute Gasteiger partial charge is 0.166 e. The average Bonchev–Trinajstić information content (AvgIpc) is 2.49. The van der Waals surface area contributed by atoms with Crippen LogP contribution in [0.5, 0.6) is 11.5 Å². The highest BCUT2D eigenvalue weighted by Gasteiger charge is 2.17. The van der Waals surface area contributed by atoms with Gasteiger partial charge in [0.15, 0.2) is 5.78 Å². The molecule has 0 spiro atoms. The molecule has 1 aliphatic rings. The van der Waals surface area contributed by atoms with Crippen LogP contribution in [0.2, 0.25) is 0 Å². The van der Waals surface area contributed by atoms with Crippen molar-refractivity contribution in [2.45, 2.75) is 26.2 Å². The Kier molecular flexibility index (Phi) is 3.44. The van der Waals surface area contributed by atoms with E-state index in [2.05, 4.69) is 6.92 Å². The molecule has 2 rings (SSSR count). The van der Waals surface area contributed by atoms with E-state index < -0.39 is 0 Å². The first-order valence-corrected chi connectivity index (χ1v) is 5.74. The lowest BCUT2D eigenvalue weighted by Gasteiger charge is -2.09. The van der Waals surface area contributed by atoms with Crippen molar-refractivity contribution in [1.29, 1.82) is 0 Å². The number of benzene rings is 1. The van der Waals surface area contributed by atoms with Gasteiger partial charge in [-0.25, -0.2) is 0 Å². The highest BCUT2D eigenvalue weighted by Crippen LogP contribution is 2.28. The van der Waals surface area contributed by atoms with Crippen LogP contribution in [0, 0.1) is 0 Å². The van der Waals surface area contributed by atoms with Gasteiger partial charge in [0.05, 0.1) is 18.8 Å². The SMILES string of the molecule is CCCOc1ccc2c(c1)C(=O)CCCO2. The quantitative estimate of drug-likeness (QED) is 0.785. The molecule has 0 aliphatic carbocycles. The lowest BCUT2D eigenvalue weighted by molar-refractivity contribution is 0.0982. The zero-order valence-electron chi connectivity index (χ0n) is 9.49. The van der Waals surface area contributed by atoms with Crippen LogP contribution in [0.25, 0.3) is 0 Å². The standard InChI is InChI=1S/C13H16O3/c1-2-7-15-10-5-6-13-11(9-10)12(14)4-3-8-16-13/h5-6,9H,2-4,7-8H2,1H3. The van der Waals surface area contributed by atoms with Gasteiger partial charge in [-0.3, -0.25) is 4.79 Å². The van der Waals surface area contributed by atoms with E-state index in [0.717, 1.165) is 18.6 Å². The predicted octanol–water partition coefficient (Wildman–Crippen LogP) is 2.83. The molecule has 16 heavy (non-hydrogen) atoms.